The number of aryl methyl sites for hydroxylation is 1. The minimum absolute atomic E-state index is 0.1000. The predicted octanol–water partition coefficient (Wildman–Crippen LogP) is 1.84. The van der Waals surface area contributed by atoms with Crippen molar-refractivity contribution < 1.29 is 13.5 Å². The molecule has 1 aromatic rings. The first-order valence-electron chi connectivity index (χ1n) is 5.46. The summed E-state index contributed by atoms with van der Waals surface area (Å²) < 4.78 is 26.2. The van der Waals surface area contributed by atoms with Gasteiger partial charge >= 0.3 is 0 Å². The zero-order valence-electron chi connectivity index (χ0n) is 10.6. The fourth-order valence-electron chi connectivity index (χ4n) is 1.48. The van der Waals surface area contributed by atoms with Gasteiger partial charge in [-0.05, 0) is 32.9 Å². The molecule has 0 aromatic carbocycles. The number of hydrogen-bond donors (Lipinski definition) is 1. The van der Waals surface area contributed by atoms with Gasteiger partial charge in [0.05, 0.1) is 5.60 Å². The van der Waals surface area contributed by atoms with Gasteiger partial charge in [0.1, 0.15) is 4.21 Å². The van der Waals surface area contributed by atoms with Crippen molar-refractivity contribution in [2.45, 2.75) is 37.5 Å². The second-order valence-corrected chi connectivity index (χ2v) is 8.06. The lowest BCUT2D eigenvalue weighted by Gasteiger charge is -2.26. The summed E-state index contributed by atoms with van der Waals surface area (Å²) in [6, 6.07) is 3.40. The van der Waals surface area contributed by atoms with Gasteiger partial charge in [-0.1, -0.05) is 6.92 Å². The molecule has 0 bridgehead atoms. The highest BCUT2D eigenvalue weighted by Crippen LogP contribution is 2.25. The third-order valence-corrected chi connectivity index (χ3v) is 5.61. The molecule has 0 saturated carbocycles. The Morgan fingerprint density at radius 1 is 1.41 bits per heavy atom. The highest BCUT2D eigenvalue weighted by molar-refractivity contribution is 7.91. The monoisotopic (exact) mass is 277 g/mol. The lowest BCUT2D eigenvalue weighted by atomic mass is 10.1. The largest absolute Gasteiger partial charge is 0.389 e. The van der Waals surface area contributed by atoms with E-state index in [0.717, 1.165) is 4.88 Å². The highest BCUT2D eigenvalue weighted by Gasteiger charge is 2.29. The summed E-state index contributed by atoms with van der Waals surface area (Å²) in [5.74, 6) is 0. The topological polar surface area (TPSA) is 57.6 Å². The van der Waals surface area contributed by atoms with Crippen molar-refractivity contribution in [3.05, 3.63) is 17.0 Å². The molecule has 0 amide bonds. The Balaban J connectivity index is 3.03. The average molecular weight is 277 g/mol. The van der Waals surface area contributed by atoms with E-state index in [4.69, 9.17) is 0 Å². The third-order valence-electron chi connectivity index (χ3n) is 2.23. The van der Waals surface area contributed by atoms with Gasteiger partial charge in [-0.2, -0.15) is 4.31 Å². The molecule has 1 rings (SSSR count). The summed E-state index contributed by atoms with van der Waals surface area (Å²) in [6.07, 6.45) is 0. The number of hydrogen-bond acceptors (Lipinski definition) is 4. The van der Waals surface area contributed by atoms with Crippen molar-refractivity contribution in [3.63, 3.8) is 0 Å². The van der Waals surface area contributed by atoms with Crippen molar-refractivity contribution in [1.29, 1.82) is 0 Å². The third kappa shape index (κ3) is 3.77. The van der Waals surface area contributed by atoms with Gasteiger partial charge in [0, 0.05) is 18.0 Å². The van der Waals surface area contributed by atoms with E-state index in [1.165, 1.54) is 15.6 Å². The molecule has 0 aliphatic rings. The molecule has 0 aliphatic carbocycles. The van der Waals surface area contributed by atoms with Crippen LogP contribution in [0.2, 0.25) is 0 Å². The van der Waals surface area contributed by atoms with E-state index in [0.29, 0.717) is 10.8 Å². The van der Waals surface area contributed by atoms with Crippen LogP contribution in [0.5, 0.6) is 0 Å². The van der Waals surface area contributed by atoms with Crippen LogP contribution in [0, 0.1) is 6.92 Å². The van der Waals surface area contributed by atoms with Gasteiger partial charge in [0.2, 0.25) is 0 Å². The molecule has 0 atom stereocenters. The highest BCUT2D eigenvalue weighted by atomic mass is 32.2. The summed E-state index contributed by atoms with van der Waals surface area (Å²) in [5, 5.41) is 9.73. The molecule has 4 nitrogen and oxygen atoms in total. The Kier molecular flexibility index (Phi) is 4.35. The second-order valence-electron chi connectivity index (χ2n) is 4.61. The summed E-state index contributed by atoms with van der Waals surface area (Å²) in [4.78, 5) is 0.961. The van der Waals surface area contributed by atoms with Crippen molar-refractivity contribution in [3.8, 4) is 0 Å². The number of likely N-dealkylation sites (N-methyl/N-ethyl adjacent to an activating group) is 1. The van der Waals surface area contributed by atoms with Gasteiger partial charge in [0.15, 0.2) is 0 Å². The van der Waals surface area contributed by atoms with Gasteiger partial charge in [-0.15, -0.1) is 11.3 Å². The second kappa shape index (κ2) is 5.06. The molecule has 0 fully saturated rings. The Bertz CT molecular complexity index is 471. The predicted molar refractivity (Wildman–Crippen MR) is 69.8 cm³/mol. The van der Waals surface area contributed by atoms with E-state index in [9.17, 15) is 13.5 Å². The lowest BCUT2D eigenvalue weighted by molar-refractivity contribution is 0.0602. The standard InChI is InChI=1S/C11H19NO3S2/c1-5-12(8-11(3,4)13)17(14,15)10-7-6-9(2)16-10/h6-7,13H,5,8H2,1-4H3. The maximum atomic E-state index is 12.3. The maximum absolute atomic E-state index is 12.3. The van der Waals surface area contributed by atoms with E-state index in [1.807, 2.05) is 6.92 Å². The van der Waals surface area contributed by atoms with E-state index in [1.54, 1.807) is 32.9 Å². The molecule has 0 saturated heterocycles. The fraction of sp³-hybridized carbons (Fsp3) is 0.636. The van der Waals surface area contributed by atoms with Crippen LogP contribution >= 0.6 is 11.3 Å². The summed E-state index contributed by atoms with van der Waals surface area (Å²) in [6.45, 7) is 7.29. The molecular weight excluding hydrogens is 258 g/mol. The summed E-state index contributed by atoms with van der Waals surface area (Å²) in [5.41, 5.74) is -1.03. The van der Waals surface area contributed by atoms with Gasteiger partial charge in [-0.25, -0.2) is 8.42 Å². The van der Waals surface area contributed by atoms with Gasteiger partial charge in [-0.3, -0.25) is 0 Å². The Morgan fingerprint density at radius 3 is 2.35 bits per heavy atom. The number of thiophene rings is 1. The normalized spacial score (nSPS) is 13.3. The van der Waals surface area contributed by atoms with Crippen molar-refractivity contribution in [2.24, 2.45) is 0 Å². The molecule has 1 aromatic heterocycles. The Morgan fingerprint density at radius 2 is 2.00 bits per heavy atom. The minimum Gasteiger partial charge on any atom is -0.389 e. The first kappa shape index (κ1) is 14.6. The molecule has 17 heavy (non-hydrogen) atoms. The minimum atomic E-state index is -3.47. The Labute approximate surface area is 107 Å². The molecular formula is C11H19NO3S2. The smallest absolute Gasteiger partial charge is 0.252 e. The van der Waals surface area contributed by atoms with Crippen LogP contribution in [0.4, 0.5) is 0 Å². The maximum Gasteiger partial charge on any atom is 0.252 e. The van der Waals surface area contributed by atoms with Crippen LogP contribution in [0.15, 0.2) is 16.3 Å². The molecule has 0 radical (unpaired) electrons. The van der Waals surface area contributed by atoms with E-state index in [-0.39, 0.29) is 6.54 Å². The first-order valence-corrected chi connectivity index (χ1v) is 7.71. The van der Waals surface area contributed by atoms with E-state index >= 15 is 0 Å². The van der Waals surface area contributed by atoms with Gasteiger partial charge < -0.3 is 5.11 Å². The fourth-order valence-corrected chi connectivity index (χ4v) is 4.52. The van der Waals surface area contributed by atoms with Crippen LogP contribution in [0.1, 0.15) is 25.6 Å². The summed E-state index contributed by atoms with van der Waals surface area (Å²) in [7, 11) is -3.47. The molecule has 1 N–H and O–H groups in total. The zero-order chi connectivity index (χ0) is 13.3. The number of aliphatic hydroxyl groups is 1. The zero-order valence-corrected chi connectivity index (χ0v) is 12.2. The van der Waals surface area contributed by atoms with Crippen molar-refractivity contribution >= 4 is 21.4 Å². The summed E-state index contributed by atoms with van der Waals surface area (Å²) >= 11 is 1.25. The SMILES string of the molecule is CCN(CC(C)(C)O)S(=O)(=O)c1ccc(C)s1. The Hall–Kier alpha value is -0.430. The molecule has 98 valence electrons. The molecule has 0 spiro atoms. The van der Waals surface area contributed by atoms with Crippen LogP contribution in [-0.2, 0) is 10.0 Å². The number of sulfonamides is 1. The van der Waals surface area contributed by atoms with Crippen molar-refractivity contribution in [1.82, 2.24) is 4.31 Å². The first-order chi connectivity index (χ1) is 7.66. The molecule has 0 unspecified atom stereocenters. The van der Waals surface area contributed by atoms with E-state index in [2.05, 4.69) is 0 Å². The number of nitrogens with zero attached hydrogens (tertiary/aromatic N) is 1. The van der Waals surface area contributed by atoms with Crippen LogP contribution in [0.25, 0.3) is 0 Å². The van der Waals surface area contributed by atoms with Crippen LogP contribution in [0.3, 0.4) is 0 Å². The molecule has 0 aliphatic heterocycles. The van der Waals surface area contributed by atoms with Crippen molar-refractivity contribution in [2.75, 3.05) is 13.1 Å². The molecule has 1 heterocycles. The lowest BCUT2D eigenvalue weighted by Crippen LogP contribution is -2.41. The molecule has 6 heteroatoms. The van der Waals surface area contributed by atoms with Gasteiger partial charge in [0.25, 0.3) is 10.0 Å². The quantitative estimate of drug-likeness (QED) is 0.893. The van der Waals surface area contributed by atoms with Crippen LogP contribution < -0.4 is 0 Å². The van der Waals surface area contributed by atoms with Crippen LogP contribution in [-0.4, -0.2) is 36.5 Å². The van der Waals surface area contributed by atoms with E-state index < -0.39 is 15.6 Å². The number of rotatable bonds is 5. The average Bonchev–Trinajstić information content (AvgIpc) is 2.60.